The maximum atomic E-state index is 11.0. The highest BCUT2D eigenvalue weighted by Crippen LogP contribution is 2.15. The van der Waals surface area contributed by atoms with Crippen LogP contribution in [0.5, 0.6) is 0 Å². The first-order chi connectivity index (χ1) is 5.49. The number of halogens is 1. The molecule has 0 aromatic heterocycles. The van der Waals surface area contributed by atoms with E-state index in [2.05, 4.69) is 4.74 Å². The largest absolute Gasteiger partial charge is 0.449 e. The molecular formula is C6H9ClO4S. The molecule has 1 heterocycles. The van der Waals surface area contributed by atoms with E-state index in [1.807, 2.05) is 0 Å². The third-order valence-corrected chi connectivity index (χ3v) is 3.56. The summed E-state index contributed by atoms with van der Waals surface area (Å²) in [5.41, 5.74) is -0.933. The average molecular weight is 213 g/mol. The van der Waals surface area contributed by atoms with E-state index in [1.54, 1.807) is 0 Å². The van der Waals surface area contributed by atoms with Crippen LogP contribution in [0.3, 0.4) is 0 Å². The minimum atomic E-state index is -3.01. The van der Waals surface area contributed by atoms with Crippen LogP contribution in [0.1, 0.15) is 12.8 Å². The van der Waals surface area contributed by atoms with Crippen molar-refractivity contribution in [2.75, 3.05) is 11.5 Å². The molecule has 1 aliphatic heterocycles. The van der Waals surface area contributed by atoms with Crippen LogP contribution in [0, 0.1) is 0 Å². The molecule has 0 aliphatic carbocycles. The Morgan fingerprint density at radius 3 is 2.67 bits per heavy atom. The summed E-state index contributed by atoms with van der Waals surface area (Å²) in [6.45, 7) is 0. The Labute approximate surface area is 75.8 Å². The topological polar surface area (TPSA) is 60.4 Å². The van der Waals surface area contributed by atoms with Gasteiger partial charge in [0.25, 0.3) is 0 Å². The molecule has 1 saturated heterocycles. The first-order valence-electron chi connectivity index (χ1n) is 3.56. The first-order valence-corrected chi connectivity index (χ1v) is 5.76. The van der Waals surface area contributed by atoms with Crippen molar-refractivity contribution in [3.05, 3.63) is 0 Å². The highest BCUT2D eigenvalue weighted by atomic mass is 35.5. The summed E-state index contributed by atoms with van der Waals surface area (Å²) in [5.74, 6) is 0.0921. The van der Waals surface area contributed by atoms with Crippen LogP contribution >= 0.6 is 11.6 Å². The molecule has 0 bridgehead atoms. The summed E-state index contributed by atoms with van der Waals surface area (Å²) in [4.78, 5) is 10.3. The smallest absolute Gasteiger partial charge is 0.404 e. The van der Waals surface area contributed by atoms with Crippen molar-refractivity contribution in [1.29, 1.82) is 0 Å². The van der Waals surface area contributed by atoms with Crippen molar-refractivity contribution in [2.45, 2.75) is 18.9 Å². The van der Waals surface area contributed by atoms with Crippen LogP contribution in [0.15, 0.2) is 0 Å². The maximum Gasteiger partial charge on any atom is 0.404 e. The zero-order chi connectivity index (χ0) is 9.19. The lowest BCUT2D eigenvalue weighted by molar-refractivity contribution is 0.125. The fourth-order valence-corrected chi connectivity index (χ4v) is 2.91. The molecule has 0 amide bonds. The second kappa shape index (κ2) is 3.62. The lowest BCUT2D eigenvalue weighted by Gasteiger charge is -2.20. The van der Waals surface area contributed by atoms with Gasteiger partial charge in [-0.25, -0.2) is 13.2 Å². The van der Waals surface area contributed by atoms with E-state index in [4.69, 9.17) is 11.6 Å². The molecule has 0 aromatic rings. The number of carbonyl (C=O) groups is 1. The second-order valence-corrected chi connectivity index (χ2v) is 5.27. The zero-order valence-corrected chi connectivity index (χ0v) is 7.90. The molecule has 1 atom stereocenters. The van der Waals surface area contributed by atoms with Gasteiger partial charge in [-0.3, -0.25) is 0 Å². The van der Waals surface area contributed by atoms with Gasteiger partial charge in [0.05, 0.1) is 11.5 Å². The fourth-order valence-electron chi connectivity index (χ4n) is 1.20. The minimum absolute atomic E-state index is 0.0918. The van der Waals surface area contributed by atoms with Crippen molar-refractivity contribution >= 4 is 26.9 Å². The maximum absolute atomic E-state index is 11.0. The van der Waals surface area contributed by atoms with Gasteiger partial charge >= 0.3 is 5.43 Å². The van der Waals surface area contributed by atoms with Gasteiger partial charge in [0, 0.05) is 11.6 Å². The monoisotopic (exact) mass is 212 g/mol. The van der Waals surface area contributed by atoms with Crippen molar-refractivity contribution in [2.24, 2.45) is 0 Å². The van der Waals surface area contributed by atoms with E-state index in [0.29, 0.717) is 12.8 Å². The van der Waals surface area contributed by atoms with E-state index in [1.165, 1.54) is 0 Å². The van der Waals surface area contributed by atoms with Gasteiger partial charge in [-0.15, -0.1) is 0 Å². The van der Waals surface area contributed by atoms with E-state index < -0.39 is 21.4 Å². The SMILES string of the molecule is O=C(Cl)OC1CCCS(=O)(=O)C1. The summed E-state index contributed by atoms with van der Waals surface area (Å²) in [5, 5.41) is 0. The summed E-state index contributed by atoms with van der Waals surface area (Å²) < 4.78 is 26.6. The van der Waals surface area contributed by atoms with Gasteiger partial charge in [-0.1, -0.05) is 0 Å². The molecule has 1 fully saturated rings. The van der Waals surface area contributed by atoms with Gasteiger partial charge in [0.1, 0.15) is 6.10 Å². The van der Waals surface area contributed by atoms with Crippen LogP contribution in [0.4, 0.5) is 4.79 Å². The number of carbonyl (C=O) groups excluding carboxylic acids is 1. The Morgan fingerprint density at radius 2 is 2.17 bits per heavy atom. The number of rotatable bonds is 1. The van der Waals surface area contributed by atoms with Crippen molar-refractivity contribution in [3.63, 3.8) is 0 Å². The molecule has 6 heteroatoms. The van der Waals surface area contributed by atoms with Crippen LogP contribution in [0.2, 0.25) is 0 Å². The van der Waals surface area contributed by atoms with E-state index in [0.717, 1.165) is 0 Å². The first kappa shape index (κ1) is 9.80. The van der Waals surface area contributed by atoms with Gasteiger partial charge < -0.3 is 4.74 Å². The van der Waals surface area contributed by atoms with Crippen LogP contribution < -0.4 is 0 Å². The number of hydrogen-bond acceptors (Lipinski definition) is 4. The number of hydrogen-bond donors (Lipinski definition) is 0. The third-order valence-electron chi connectivity index (χ3n) is 1.68. The molecule has 1 unspecified atom stereocenters. The Kier molecular flexibility index (Phi) is 2.95. The van der Waals surface area contributed by atoms with E-state index >= 15 is 0 Å². The second-order valence-electron chi connectivity index (χ2n) is 2.73. The number of sulfone groups is 1. The quantitative estimate of drug-likeness (QED) is 0.607. The standard InChI is InChI=1S/C6H9ClO4S/c7-6(8)11-5-2-1-3-12(9,10)4-5/h5H,1-4H2. The van der Waals surface area contributed by atoms with Crippen LogP contribution in [-0.4, -0.2) is 31.5 Å². The van der Waals surface area contributed by atoms with Crippen molar-refractivity contribution < 1.29 is 17.9 Å². The fraction of sp³-hybridized carbons (Fsp3) is 0.833. The zero-order valence-electron chi connectivity index (χ0n) is 6.32. The van der Waals surface area contributed by atoms with Gasteiger partial charge in [0.2, 0.25) is 0 Å². The molecule has 0 radical (unpaired) electrons. The predicted molar refractivity (Wildman–Crippen MR) is 44.0 cm³/mol. The Morgan fingerprint density at radius 1 is 1.50 bits per heavy atom. The van der Waals surface area contributed by atoms with Crippen LogP contribution in [0.25, 0.3) is 0 Å². The van der Waals surface area contributed by atoms with Gasteiger partial charge in [-0.05, 0) is 12.8 Å². The molecule has 0 aromatic carbocycles. The normalized spacial score (nSPS) is 27.9. The Bertz CT molecular complexity index is 271. The molecule has 0 spiro atoms. The lowest BCUT2D eigenvalue weighted by Crippen LogP contribution is -2.31. The lowest BCUT2D eigenvalue weighted by atomic mass is 10.2. The molecular weight excluding hydrogens is 204 g/mol. The molecule has 0 saturated carbocycles. The van der Waals surface area contributed by atoms with Crippen molar-refractivity contribution in [3.8, 4) is 0 Å². The summed E-state index contributed by atoms with van der Waals surface area (Å²) in [6.07, 6.45) is 0.572. The third kappa shape index (κ3) is 2.98. The minimum Gasteiger partial charge on any atom is -0.449 e. The average Bonchev–Trinajstić information content (AvgIpc) is 1.82. The highest BCUT2D eigenvalue weighted by molar-refractivity contribution is 7.91. The number of ether oxygens (including phenoxy) is 1. The molecule has 0 N–H and O–H groups in total. The van der Waals surface area contributed by atoms with Crippen molar-refractivity contribution in [1.82, 2.24) is 0 Å². The summed E-state index contributed by atoms with van der Waals surface area (Å²) >= 11 is 4.95. The summed E-state index contributed by atoms with van der Waals surface area (Å²) in [6, 6.07) is 0. The molecule has 12 heavy (non-hydrogen) atoms. The van der Waals surface area contributed by atoms with Gasteiger partial charge in [0.15, 0.2) is 9.84 Å². The molecule has 1 aliphatic rings. The summed E-state index contributed by atoms with van der Waals surface area (Å²) in [7, 11) is -3.01. The van der Waals surface area contributed by atoms with E-state index in [-0.39, 0.29) is 11.5 Å². The predicted octanol–water partition coefficient (Wildman–Crippen LogP) is 0.939. The molecule has 1 rings (SSSR count). The highest BCUT2D eigenvalue weighted by Gasteiger charge is 2.26. The molecule has 70 valence electrons. The van der Waals surface area contributed by atoms with E-state index in [9.17, 15) is 13.2 Å². The van der Waals surface area contributed by atoms with Gasteiger partial charge in [-0.2, -0.15) is 0 Å². The Balaban J connectivity index is 2.53. The molecule has 4 nitrogen and oxygen atoms in total. The van der Waals surface area contributed by atoms with Crippen LogP contribution in [-0.2, 0) is 14.6 Å². The Hall–Kier alpha value is -0.290.